The van der Waals surface area contributed by atoms with Gasteiger partial charge in [0.15, 0.2) is 0 Å². The number of fused-ring (bicyclic) bond motifs is 2. The summed E-state index contributed by atoms with van der Waals surface area (Å²) >= 11 is -0.826. The van der Waals surface area contributed by atoms with Crippen molar-refractivity contribution >= 4 is 38.7 Å². The summed E-state index contributed by atoms with van der Waals surface area (Å²) < 4.78 is 2.27. The van der Waals surface area contributed by atoms with Gasteiger partial charge in [-0.15, -0.1) is 34.5 Å². The zero-order chi connectivity index (χ0) is 23.4. The Morgan fingerprint density at radius 3 is 2.06 bits per heavy atom. The number of nitrogens with zero attached hydrogens (tertiary/aromatic N) is 1. The molecule has 32 heavy (non-hydrogen) atoms. The molecule has 164 valence electrons. The van der Waals surface area contributed by atoms with Gasteiger partial charge in [0.1, 0.15) is 0 Å². The third kappa shape index (κ3) is 5.14. The van der Waals surface area contributed by atoms with Crippen LogP contribution in [0, 0.1) is 41.5 Å². The van der Waals surface area contributed by atoms with E-state index in [9.17, 15) is 0 Å². The van der Waals surface area contributed by atoms with E-state index in [1.54, 1.807) is 0 Å². The fourth-order valence-corrected chi connectivity index (χ4v) is 4.28. The van der Waals surface area contributed by atoms with Gasteiger partial charge in [0, 0.05) is 11.9 Å². The van der Waals surface area contributed by atoms with Crippen LogP contribution in [0.25, 0.3) is 27.4 Å². The van der Waals surface area contributed by atoms with Gasteiger partial charge in [-0.05, 0) is 17.5 Å². The van der Waals surface area contributed by atoms with Crippen molar-refractivity contribution in [3.05, 3.63) is 100 Å². The second-order valence-electron chi connectivity index (χ2n) is 8.25. The molecule has 0 aliphatic carbocycles. The van der Waals surface area contributed by atoms with Crippen LogP contribution in [0.3, 0.4) is 0 Å². The van der Waals surface area contributed by atoms with Gasteiger partial charge in [0.05, 0.1) is 5.52 Å². The van der Waals surface area contributed by atoms with Crippen LogP contribution in [0.4, 0.5) is 0 Å². The van der Waals surface area contributed by atoms with E-state index in [0.717, 1.165) is 0 Å². The molecule has 1 heterocycles. The van der Waals surface area contributed by atoms with E-state index < -0.39 is 20.8 Å². The normalized spacial score (nSPS) is 10.4. The number of hydrogen-bond acceptors (Lipinski definition) is 0. The first-order chi connectivity index (χ1) is 15.3. The predicted molar refractivity (Wildman–Crippen MR) is 139 cm³/mol. The molecule has 0 spiro atoms. The zero-order valence-electron chi connectivity index (χ0n) is 19.6. The summed E-state index contributed by atoms with van der Waals surface area (Å²) in [6, 6.07) is 21.7. The summed E-state index contributed by atoms with van der Waals surface area (Å²) in [5, 5.41) is 3.91. The van der Waals surface area contributed by atoms with Gasteiger partial charge in [-0.2, -0.15) is 33.9 Å². The molecule has 5 rings (SSSR count). The van der Waals surface area contributed by atoms with Gasteiger partial charge in [-0.3, -0.25) is 0 Å². The number of rotatable bonds is 1. The van der Waals surface area contributed by atoms with Crippen molar-refractivity contribution in [1.29, 1.82) is 0 Å². The van der Waals surface area contributed by atoms with Crippen LogP contribution in [0.5, 0.6) is 0 Å². The Balaban J connectivity index is 0.000000188. The molecule has 0 atom stereocenters. The first-order valence-electron chi connectivity index (χ1n) is 10.7. The van der Waals surface area contributed by atoms with E-state index in [-0.39, 0.29) is 0 Å². The zero-order valence-corrected chi connectivity index (χ0v) is 23.5. The van der Waals surface area contributed by atoms with E-state index >= 15 is 0 Å². The van der Waals surface area contributed by atoms with E-state index in [1.807, 2.05) is 0 Å². The van der Waals surface area contributed by atoms with Crippen molar-refractivity contribution < 1.29 is 20.8 Å². The van der Waals surface area contributed by atoms with Crippen LogP contribution < -0.4 is 0 Å². The number of para-hydroxylation sites is 1. The summed E-state index contributed by atoms with van der Waals surface area (Å²) in [6.07, 6.45) is 2.15. The Morgan fingerprint density at radius 2 is 1.47 bits per heavy atom. The van der Waals surface area contributed by atoms with E-state index in [1.165, 1.54) is 60.7 Å². The summed E-state index contributed by atoms with van der Waals surface area (Å²) in [7, 11) is 9.87. The molecule has 5 aromatic rings. The first-order valence-corrected chi connectivity index (χ1v) is 17.0. The van der Waals surface area contributed by atoms with Gasteiger partial charge in [-0.25, -0.2) is 0 Å². The quantitative estimate of drug-likeness (QED) is 0.187. The Labute approximate surface area is 210 Å². The van der Waals surface area contributed by atoms with Crippen LogP contribution >= 0.6 is 17.0 Å². The number of aromatic nitrogens is 1. The number of hydrogen-bond donors (Lipinski definition) is 0. The molecule has 1 nitrogen and oxygen atoms in total. The van der Waals surface area contributed by atoms with Crippen molar-refractivity contribution in [2.75, 3.05) is 0 Å². The maximum atomic E-state index is 4.93. The van der Waals surface area contributed by atoms with Crippen LogP contribution in [-0.4, -0.2) is 4.57 Å². The SMILES string of the molecule is Cc1c(C)c(C)[c-](C)c1C.Cc1cc2c(-n3ccc4ccccc43)cccc2[cH-]1.[Cl][Zr+2][Cl]. The molecular weight excluding hydrogens is 512 g/mol. The molecule has 0 aliphatic heterocycles. The summed E-state index contributed by atoms with van der Waals surface area (Å²) in [5.41, 5.74) is 11.2. The average molecular weight is 542 g/mol. The number of aryl methyl sites for hydroxylation is 1. The van der Waals surface area contributed by atoms with E-state index in [0.29, 0.717) is 0 Å². The second kappa shape index (κ2) is 11.0. The maximum absolute atomic E-state index is 4.93. The Bertz CT molecular complexity index is 1260. The van der Waals surface area contributed by atoms with Gasteiger partial charge < -0.3 is 4.57 Å². The van der Waals surface area contributed by atoms with Crippen molar-refractivity contribution in [3.8, 4) is 5.69 Å². The summed E-state index contributed by atoms with van der Waals surface area (Å²) in [5.74, 6) is 0. The van der Waals surface area contributed by atoms with Crippen molar-refractivity contribution in [2.45, 2.75) is 41.5 Å². The first kappa shape index (κ1) is 25.0. The molecule has 0 aliphatic rings. The topological polar surface area (TPSA) is 4.93 Å². The second-order valence-corrected chi connectivity index (χ2v) is 12.0. The molecule has 0 saturated carbocycles. The predicted octanol–water partition coefficient (Wildman–Crippen LogP) is 9.14. The Morgan fingerprint density at radius 1 is 0.844 bits per heavy atom. The molecule has 0 amide bonds. The van der Waals surface area contributed by atoms with Gasteiger partial charge in [-0.1, -0.05) is 65.8 Å². The van der Waals surface area contributed by atoms with E-state index in [4.69, 9.17) is 17.0 Å². The number of benzene rings is 2. The summed E-state index contributed by atoms with van der Waals surface area (Å²) in [6.45, 7) is 13.1. The minimum absolute atomic E-state index is 0.826. The molecular formula is C28H29Cl2NZr. The third-order valence-corrected chi connectivity index (χ3v) is 6.54. The molecule has 0 N–H and O–H groups in total. The number of halogens is 2. The standard InChI is InChI=1S/C18H14N.C10H15.2ClH.Zr/c1-13-11-15-6-4-8-18(16(15)12-13)19-10-9-14-5-2-3-7-17(14)19;1-6-7(2)9(4)10(5)8(6)3;;;/h2-12H,1H3;1-5H3;2*1H;/q2*-1;;;+4/p-2. The molecule has 0 unspecified atom stereocenters. The van der Waals surface area contributed by atoms with Crippen molar-refractivity contribution in [3.63, 3.8) is 0 Å². The molecule has 1 aromatic heterocycles. The van der Waals surface area contributed by atoms with Crippen molar-refractivity contribution in [2.24, 2.45) is 0 Å². The molecule has 0 fully saturated rings. The van der Waals surface area contributed by atoms with Crippen molar-refractivity contribution in [1.82, 2.24) is 4.57 Å². The minimum atomic E-state index is -0.826. The Hall–Kier alpha value is -1.60. The molecule has 4 aromatic carbocycles. The van der Waals surface area contributed by atoms with Crippen LogP contribution in [0.1, 0.15) is 33.4 Å². The molecule has 0 radical (unpaired) electrons. The fourth-order valence-electron chi connectivity index (χ4n) is 4.28. The Kier molecular flexibility index (Phi) is 8.62. The van der Waals surface area contributed by atoms with Crippen LogP contribution in [0.15, 0.2) is 66.9 Å². The van der Waals surface area contributed by atoms with Gasteiger partial charge >= 0.3 is 37.9 Å². The van der Waals surface area contributed by atoms with E-state index in [2.05, 4.69) is 113 Å². The third-order valence-electron chi connectivity index (χ3n) is 6.54. The fraction of sp³-hybridized carbons (Fsp3) is 0.214. The van der Waals surface area contributed by atoms with Crippen LogP contribution in [-0.2, 0) is 20.8 Å². The molecule has 0 bridgehead atoms. The average Bonchev–Trinajstić information content (AvgIpc) is 3.43. The van der Waals surface area contributed by atoms with Gasteiger partial charge in [0.2, 0.25) is 0 Å². The van der Waals surface area contributed by atoms with Crippen LogP contribution in [0.2, 0.25) is 0 Å². The summed E-state index contributed by atoms with van der Waals surface area (Å²) in [4.78, 5) is 0. The molecule has 4 heteroatoms. The van der Waals surface area contributed by atoms with Gasteiger partial charge in [0.25, 0.3) is 0 Å². The monoisotopic (exact) mass is 539 g/mol. The molecule has 0 saturated heterocycles.